The molecule has 1 aliphatic rings. The SMILES string of the molecule is CCOCCCNC1(CCl)CCCCC1. The molecule has 0 aliphatic heterocycles. The molecule has 2 nitrogen and oxygen atoms in total. The fraction of sp³-hybridized carbons (Fsp3) is 1.00. The van der Waals surface area contributed by atoms with Crippen LogP contribution in [0.1, 0.15) is 45.4 Å². The Hall–Kier alpha value is 0.210. The summed E-state index contributed by atoms with van der Waals surface area (Å²) in [6.07, 6.45) is 7.60. The lowest BCUT2D eigenvalue weighted by molar-refractivity contribution is 0.140. The summed E-state index contributed by atoms with van der Waals surface area (Å²) < 4.78 is 5.32. The molecule has 3 heteroatoms. The van der Waals surface area contributed by atoms with E-state index in [0.717, 1.165) is 32.1 Å². The lowest BCUT2D eigenvalue weighted by Crippen LogP contribution is -2.49. The summed E-state index contributed by atoms with van der Waals surface area (Å²) in [5.74, 6) is 0.752. The molecular formula is C12H24ClNO. The van der Waals surface area contributed by atoms with E-state index >= 15 is 0 Å². The second-order valence-corrected chi connectivity index (χ2v) is 4.72. The van der Waals surface area contributed by atoms with Gasteiger partial charge in [-0.15, -0.1) is 11.6 Å². The molecule has 0 bridgehead atoms. The van der Waals surface area contributed by atoms with Gasteiger partial charge in [-0.2, -0.15) is 0 Å². The second kappa shape index (κ2) is 7.48. The van der Waals surface area contributed by atoms with E-state index in [1.807, 2.05) is 6.92 Å². The minimum Gasteiger partial charge on any atom is -0.382 e. The summed E-state index contributed by atoms with van der Waals surface area (Å²) >= 11 is 6.08. The Balaban J connectivity index is 2.15. The van der Waals surface area contributed by atoms with Gasteiger partial charge in [0.15, 0.2) is 0 Å². The van der Waals surface area contributed by atoms with Gasteiger partial charge in [0.1, 0.15) is 0 Å². The zero-order chi connectivity index (χ0) is 11.0. The predicted molar refractivity (Wildman–Crippen MR) is 65.6 cm³/mol. The Kier molecular flexibility index (Phi) is 6.62. The highest BCUT2D eigenvalue weighted by Crippen LogP contribution is 2.29. The first-order valence-electron chi connectivity index (χ1n) is 6.22. The van der Waals surface area contributed by atoms with Crippen LogP contribution in [0.15, 0.2) is 0 Å². The number of alkyl halides is 1. The first-order valence-corrected chi connectivity index (χ1v) is 6.75. The van der Waals surface area contributed by atoms with Gasteiger partial charge in [-0.05, 0) is 32.7 Å². The molecule has 0 aromatic carbocycles. The number of hydrogen-bond donors (Lipinski definition) is 1. The van der Waals surface area contributed by atoms with Crippen LogP contribution in [0.2, 0.25) is 0 Å². The highest BCUT2D eigenvalue weighted by molar-refractivity contribution is 6.18. The molecule has 0 spiro atoms. The molecule has 0 radical (unpaired) electrons. The zero-order valence-corrected chi connectivity index (χ0v) is 10.6. The molecule has 0 aromatic rings. The van der Waals surface area contributed by atoms with Crippen molar-refractivity contribution in [3.8, 4) is 0 Å². The van der Waals surface area contributed by atoms with Crippen LogP contribution in [-0.4, -0.2) is 31.2 Å². The van der Waals surface area contributed by atoms with E-state index < -0.39 is 0 Å². The van der Waals surface area contributed by atoms with Gasteiger partial charge in [-0.25, -0.2) is 0 Å². The molecule has 0 heterocycles. The Morgan fingerprint density at radius 1 is 1.27 bits per heavy atom. The van der Waals surface area contributed by atoms with Crippen LogP contribution in [0.25, 0.3) is 0 Å². The van der Waals surface area contributed by atoms with Crippen LogP contribution in [0.4, 0.5) is 0 Å². The molecule has 1 aliphatic carbocycles. The van der Waals surface area contributed by atoms with Gasteiger partial charge in [0.2, 0.25) is 0 Å². The van der Waals surface area contributed by atoms with E-state index in [1.165, 1.54) is 32.1 Å². The molecule has 0 unspecified atom stereocenters. The van der Waals surface area contributed by atoms with Crippen LogP contribution in [0.5, 0.6) is 0 Å². The predicted octanol–water partition coefficient (Wildman–Crippen LogP) is 2.94. The van der Waals surface area contributed by atoms with Gasteiger partial charge in [-0.1, -0.05) is 19.3 Å². The molecule has 1 fully saturated rings. The maximum absolute atomic E-state index is 6.08. The molecule has 15 heavy (non-hydrogen) atoms. The maximum atomic E-state index is 6.08. The average Bonchev–Trinajstić information content (AvgIpc) is 2.30. The van der Waals surface area contributed by atoms with Gasteiger partial charge >= 0.3 is 0 Å². The number of halogens is 1. The molecule has 1 rings (SSSR count). The fourth-order valence-corrected chi connectivity index (χ4v) is 2.62. The molecule has 0 atom stereocenters. The Morgan fingerprint density at radius 2 is 2.00 bits per heavy atom. The van der Waals surface area contributed by atoms with Crippen molar-refractivity contribution < 1.29 is 4.74 Å². The Labute approximate surface area is 98.7 Å². The Bertz CT molecular complexity index is 158. The quantitative estimate of drug-likeness (QED) is 0.539. The van der Waals surface area contributed by atoms with E-state index in [1.54, 1.807) is 0 Å². The molecule has 90 valence electrons. The van der Waals surface area contributed by atoms with Crippen molar-refractivity contribution in [1.29, 1.82) is 0 Å². The van der Waals surface area contributed by atoms with Crippen molar-refractivity contribution in [2.45, 2.75) is 51.0 Å². The Morgan fingerprint density at radius 3 is 2.60 bits per heavy atom. The topological polar surface area (TPSA) is 21.3 Å². The van der Waals surface area contributed by atoms with Crippen molar-refractivity contribution in [3.05, 3.63) is 0 Å². The molecule has 1 saturated carbocycles. The zero-order valence-electron chi connectivity index (χ0n) is 9.86. The minimum atomic E-state index is 0.228. The van der Waals surface area contributed by atoms with Gasteiger partial charge in [0, 0.05) is 24.6 Å². The van der Waals surface area contributed by atoms with Gasteiger partial charge in [0.25, 0.3) is 0 Å². The second-order valence-electron chi connectivity index (χ2n) is 4.45. The van der Waals surface area contributed by atoms with Crippen LogP contribution in [-0.2, 0) is 4.74 Å². The van der Waals surface area contributed by atoms with Gasteiger partial charge in [0.05, 0.1) is 0 Å². The number of ether oxygens (including phenoxy) is 1. The number of rotatable bonds is 7. The third-order valence-electron chi connectivity index (χ3n) is 3.24. The average molecular weight is 234 g/mol. The van der Waals surface area contributed by atoms with E-state index in [-0.39, 0.29) is 5.54 Å². The lowest BCUT2D eigenvalue weighted by Gasteiger charge is -2.36. The normalized spacial score (nSPS) is 20.4. The van der Waals surface area contributed by atoms with E-state index in [4.69, 9.17) is 16.3 Å². The summed E-state index contributed by atoms with van der Waals surface area (Å²) in [5, 5.41) is 3.63. The maximum Gasteiger partial charge on any atom is 0.0477 e. The summed E-state index contributed by atoms with van der Waals surface area (Å²) in [6, 6.07) is 0. The summed E-state index contributed by atoms with van der Waals surface area (Å²) in [6.45, 7) is 4.75. The largest absolute Gasteiger partial charge is 0.382 e. The number of nitrogens with one attached hydrogen (secondary N) is 1. The van der Waals surface area contributed by atoms with E-state index in [9.17, 15) is 0 Å². The first kappa shape index (κ1) is 13.3. The number of hydrogen-bond acceptors (Lipinski definition) is 2. The summed E-state index contributed by atoms with van der Waals surface area (Å²) in [5.41, 5.74) is 0.228. The standard InChI is InChI=1S/C12H24ClNO/c1-2-15-10-6-9-14-12(11-13)7-4-3-5-8-12/h14H,2-11H2,1H3. The van der Waals surface area contributed by atoms with Gasteiger partial charge < -0.3 is 10.1 Å². The van der Waals surface area contributed by atoms with Crippen LogP contribution in [0.3, 0.4) is 0 Å². The van der Waals surface area contributed by atoms with Crippen molar-refractivity contribution in [2.75, 3.05) is 25.6 Å². The lowest BCUT2D eigenvalue weighted by atomic mass is 9.83. The molecule has 0 saturated heterocycles. The van der Waals surface area contributed by atoms with Crippen molar-refractivity contribution in [3.63, 3.8) is 0 Å². The van der Waals surface area contributed by atoms with Crippen molar-refractivity contribution in [2.24, 2.45) is 0 Å². The minimum absolute atomic E-state index is 0.228. The van der Waals surface area contributed by atoms with Crippen molar-refractivity contribution in [1.82, 2.24) is 5.32 Å². The monoisotopic (exact) mass is 233 g/mol. The summed E-state index contributed by atoms with van der Waals surface area (Å²) in [7, 11) is 0. The third kappa shape index (κ3) is 4.71. The van der Waals surface area contributed by atoms with E-state index in [2.05, 4.69) is 5.32 Å². The van der Waals surface area contributed by atoms with Crippen molar-refractivity contribution >= 4 is 11.6 Å². The summed E-state index contributed by atoms with van der Waals surface area (Å²) in [4.78, 5) is 0. The van der Waals surface area contributed by atoms with Crippen LogP contribution < -0.4 is 5.32 Å². The van der Waals surface area contributed by atoms with Crippen LogP contribution >= 0.6 is 11.6 Å². The smallest absolute Gasteiger partial charge is 0.0477 e. The highest BCUT2D eigenvalue weighted by atomic mass is 35.5. The van der Waals surface area contributed by atoms with Gasteiger partial charge in [-0.3, -0.25) is 0 Å². The fourth-order valence-electron chi connectivity index (χ4n) is 2.26. The first-order chi connectivity index (χ1) is 7.33. The highest BCUT2D eigenvalue weighted by Gasteiger charge is 2.29. The van der Waals surface area contributed by atoms with E-state index in [0.29, 0.717) is 0 Å². The molecule has 0 aromatic heterocycles. The molecule has 1 N–H and O–H groups in total. The molecule has 0 amide bonds. The van der Waals surface area contributed by atoms with Crippen LogP contribution in [0, 0.1) is 0 Å². The molecular weight excluding hydrogens is 210 g/mol. The third-order valence-corrected chi connectivity index (χ3v) is 3.75.